The molecule has 4 fully saturated rings. The summed E-state index contributed by atoms with van der Waals surface area (Å²) in [5.74, 6) is 6.92. The van der Waals surface area contributed by atoms with Crippen LogP contribution in [-0.4, -0.2) is 6.54 Å². The first-order valence-electron chi connectivity index (χ1n) is 12.3. The summed E-state index contributed by atoms with van der Waals surface area (Å²) in [6, 6.07) is 10.2. The van der Waals surface area contributed by atoms with E-state index in [9.17, 15) is 0 Å². The van der Waals surface area contributed by atoms with E-state index < -0.39 is 0 Å². The van der Waals surface area contributed by atoms with E-state index in [-0.39, 0.29) is 0 Å². The van der Waals surface area contributed by atoms with Crippen LogP contribution in [0.1, 0.15) is 77.2 Å². The number of rotatable bonds is 3. The molecule has 1 aromatic carbocycles. The number of nitrogens with one attached hydrogen (secondary N) is 1. The van der Waals surface area contributed by atoms with Crippen LogP contribution >= 0.6 is 0 Å². The summed E-state index contributed by atoms with van der Waals surface area (Å²) < 4.78 is 0. The minimum Gasteiger partial charge on any atom is -0.385 e. The van der Waals surface area contributed by atoms with Crippen molar-refractivity contribution in [1.29, 1.82) is 5.26 Å². The third kappa shape index (κ3) is 3.39. The van der Waals surface area contributed by atoms with Crippen molar-refractivity contribution in [2.24, 2.45) is 46.8 Å². The Bertz CT molecular complexity index is 762. The van der Waals surface area contributed by atoms with E-state index in [1.54, 1.807) is 0 Å². The van der Waals surface area contributed by atoms with Gasteiger partial charge in [0.15, 0.2) is 0 Å². The lowest BCUT2D eigenvalue weighted by atomic mass is 9.49. The molecular formula is C27H38N2. The van der Waals surface area contributed by atoms with E-state index in [0.29, 0.717) is 5.41 Å². The lowest BCUT2D eigenvalue weighted by molar-refractivity contribution is -0.0656. The molecule has 0 spiro atoms. The summed E-state index contributed by atoms with van der Waals surface area (Å²) in [5.41, 5.74) is 2.45. The molecule has 156 valence electrons. The largest absolute Gasteiger partial charge is 0.385 e. The fraction of sp³-hybridized carbons (Fsp3) is 0.741. The first-order valence-corrected chi connectivity index (χ1v) is 12.3. The van der Waals surface area contributed by atoms with Gasteiger partial charge in [-0.2, -0.15) is 5.26 Å². The van der Waals surface area contributed by atoms with Gasteiger partial charge in [-0.1, -0.05) is 20.3 Å². The molecule has 0 radical (unpaired) electrons. The van der Waals surface area contributed by atoms with Gasteiger partial charge in [0, 0.05) is 12.2 Å². The maximum atomic E-state index is 9.00. The number of nitrogens with zero attached hydrogens (tertiary/aromatic N) is 1. The van der Waals surface area contributed by atoms with Crippen LogP contribution in [0.2, 0.25) is 0 Å². The molecular weight excluding hydrogens is 352 g/mol. The molecule has 0 aliphatic heterocycles. The van der Waals surface area contributed by atoms with E-state index in [2.05, 4.69) is 37.4 Å². The van der Waals surface area contributed by atoms with E-state index >= 15 is 0 Å². The summed E-state index contributed by atoms with van der Waals surface area (Å²) in [6.07, 6.45) is 13.4. The van der Waals surface area contributed by atoms with Gasteiger partial charge in [0.05, 0.1) is 11.6 Å². The summed E-state index contributed by atoms with van der Waals surface area (Å²) >= 11 is 0. The number of benzene rings is 1. The van der Waals surface area contributed by atoms with E-state index in [0.717, 1.165) is 53.5 Å². The first-order chi connectivity index (χ1) is 14.1. The molecule has 0 saturated heterocycles. The van der Waals surface area contributed by atoms with Crippen LogP contribution in [0.5, 0.6) is 0 Å². The second-order valence-electron chi connectivity index (χ2n) is 11.2. The van der Waals surface area contributed by atoms with Gasteiger partial charge < -0.3 is 5.32 Å². The fourth-order valence-electron chi connectivity index (χ4n) is 8.44. The average molecular weight is 391 g/mol. The number of hydrogen-bond acceptors (Lipinski definition) is 2. The van der Waals surface area contributed by atoms with Gasteiger partial charge in [0.1, 0.15) is 0 Å². The van der Waals surface area contributed by atoms with Gasteiger partial charge in [0.25, 0.3) is 0 Å². The van der Waals surface area contributed by atoms with Gasteiger partial charge in [0.2, 0.25) is 0 Å². The fourth-order valence-corrected chi connectivity index (χ4v) is 8.44. The minimum absolute atomic E-state index is 0.537. The Morgan fingerprint density at radius 1 is 0.966 bits per heavy atom. The summed E-state index contributed by atoms with van der Waals surface area (Å²) in [4.78, 5) is 0. The van der Waals surface area contributed by atoms with Crippen LogP contribution < -0.4 is 5.32 Å². The highest BCUT2D eigenvalue weighted by Gasteiger charge is 2.56. The maximum absolute atomic E-state index is 9.00. The number of fused-ring (bicyclic) bond motifs is 5. The molecule has 8 atom stereocenters. The molecule has 0 aromatic heterocycles. The van der Waals surface area contributed by atoms with Crippen molar-refractivity contribution in [1.82, 2.24) is 0 Å². The molecule has 2 unspecified atom stereocenters. The molecule has 4 aliphatic carbocycles. The maximum Gasteiger partial charge on any atom is 0.0991 e. The van der Waals surface area contributed by atoms with Crippen LogP contribution in [0.3, 0.4) is 0 Å². The summed E-state index contributed by atoms with van der Waals surface area (Å²) in [5, 5.41) is 12.7. The van der Waals surface area contributed by atoms with Crippen LogP contribution in [0, 0.1) is 58.2 Å². The van der Waals surface area contributed by atoms with Crippen LogP contribution in [0.25, 0.3) is 0 Å². The SMILES string of the molecule is C[C@H]1CC[C@@H]2C3CC[C@@]4(C)C(CC[C@@H]4CNc4ccc(C#N)cc4)[C@@H]3CC[C@@H]2C1. The third-order valence-corrected chi connectivity index (χ3v) is 9.98. The Kier molecular flexibility index (Phi) is 5.13. The lowest BCUT2D eigenvalue weighted by Crippen LogP contribution is -2.49. The van der Waals surface area contributed by atoms with E-state index in [4.69, 9.17) is 5.26 Å². The molecule has 29 heavy (non-hydrogen) atoms. The van der Waals surface area contributed by atoms with Crippen molar-refractivity contribution >= 4 is 5.69 Å². The molecule has 0 amide bonds. The van der Waals surface area contributed by atoms with Gasteiger partial charge in [-0.15, -0.1) is 0 Å². The number of nitriles is 1. The predicted molar refractivity (Wildman–Crippen MR) is 119 cm³/mol. The second kappa shape index (κ2) is 7.64. The third-order valence-electron chi connectivity index (χ3n) is 9.98. The first kappa shape index (κ1) is 19.5. The highest BCUT2D eigenvalue weighted by molar-refractivity contribution is 5.47. The Hall–Kier alpha value is -1.49. The molecule has 4 saturated carbocycles. The quantitative estimate of drug-likeness (QED) is 0.611. The molecule has 1 aromatic rings. The molecule has 4 aliphatic rings. The van der Waals surface area contributed by atoms with Crippen molar-refractivity contribution in [3.8, 4) is 6.07 Å². The van der Waals surface area contributed by atoms with Crippen molar-refractivity contribution < 1.29 is 0 Å². The molecule has 1 N–H and O–H groups in total. The Morgan fingerprint density at radius 2 is 1.76 bits per heavy atom. The topological polar surface area (TPSA) is 35.8 Å². The minimum atomic E-state index is 0.537. The Labute approximate surface area is 177 Å². The average Bonchev–Trinajstić information content (AvgIpc) is 3.08. The van der Waals surface area contributed by atoms with Gasteiger partial charge in [-0.05, 0) is 122 Å². The molecule has 5 rings (SSSR count). The van der Waals surface area contributed by atoms with Gasteiger partial charge in [-0.25, -0.2) is 0 Å². The van der Waals surface area contributed by atoms with E-state index in [1.807, 2.05) is 12.1 Å². The van der Waals surface area contributed by atoms with Crippen molar-refractivity contribution in [2.45, 2.75) is 71.6 Å². The number of anilines is 1. The van der Waals surface area contributed by atoms with Crippen molar-refractivity contribution in [3.63, 3.8) is 0 Å². The predicted octanol–water partition coefficient (Wildman–Crippen LogP) is 6.88. The zero-order chi connectivity index (χ0) is 20.0. The highest BCUT2D eigenvalue weighted by atomic mass is 14.9. The van der Waals surface area contributed by atoms with E-state index in [1.165, 1.54) is 63.5 Å². The van der Waals surface area contributed by atoms with Crippen LogP contribution in [0.4, 0.5) is 5.69 Å². The molecule has 0 heterocycles. The smallest absolute Gasteiger partial charge is 0.0991 e. The van der Waals surface area contributed by atoms with Crippen LogP contribution in [0.15, 0.2) is 24.3 Å². The zero-order valence-corrected chi connectivity index (χ0v) is 18.4. The van der Waals surface area contributed by atoms with Crippen molar-refractivity contribution in [3.05, 3.63) is 29.8 Å². The van der Waals surface area contributed by atoms with Crippen molar-refractivity contribution in [2.75, 3.05) is 11.9 Å². The van der Waals surface area contributed by atoms with Gasteiger partial charge in [-0.3, -0.25) is 0 Å². The molecule has 0 bridgehead atoms. The standard InChI is InChI=1S/C27H38N2/c1-18-3-10-23-20(15-18)6-11-25-24(23)13-14-27(2)21(7-12-26(25)27)17-29-22-8-4-19(16-28)5-9-22/h4-5,8-9,18,20-21,23-26,29H,3,6-7,10-15,17H2,1-2H3/t18-,20+,21+,23-,24?,25+,26?,27+/m0/s1. The Morgan fingerprint density at radius 3 is 2.55 bits per heavy atom. The summed E-state index contributed by atoms with van der Waals surface area (Å²) in [7, 11) is 0. The highest BCUT2D eigenvalue weighted by Crippen LogP contribution is 2.64. The summed E-state index contributed by atoms with van der Waals surface area (Å²) in [6.45, 7) is 6.23. The molecule has 2 nitrogen and oxygen atoms in total. The zero-order valence-electron chi connectivity index (χ0n) is 18.4. The Balaban J connectivity index is 1.26. The van der Waals surface area contributed by atoms with Crippen LogP contribution in [-0.2, 0) is 0 Å². The normalized spacial score (nSPS) is 43.6. The lowest BCUT2D eigenvalue weighted by Gasteiger charge is -2.56. The van der Waals surface area contributed by atoms with Gasteiger partial charge >= 0.3 is 0 Å². The number of hydrogen-bond donors (Lipinski definition) is 1. The second-order valence-corrected chi connectivity index (χ2v) is 11.2. The molecule has 2 heteroatoms. The monoisotopic (exact) mass is 390 g/mol.